The van der Waals surface area contributed by atoms with Crippen molar-refractivity contribution < 1.29 is 24.3 Å². The number of carboxylic acid groups (broad SMARTS) is 1. The molecule has 4 atom stereocenters. The maximum absolute atomic E-state index is 12.9. The number of aliphatic carboxylic acids is 1. The molecule has 30 heavy (non-hydrogen) atoms. The summed E-state index contributed by atoms with van der Waals surface area (Å²) in [6.07, 6.45) is 4.40. The average Bonchev–Trinajstić information content (AvgIpc) is 3.24. The van der Waals surface area contributed by atoms with Gasteiger partial charge in [-0.2, -0.15) is 0 Å². The third-order valence-electron chi connectivity index (χ3n) is 5.86. The zero-order valence-electron chi connectivity index (χ0n) is 17.1. The molecule has 2 aliphatic rings. The quantitative estimate of drug-likeness (QED) is 0.716. The van der Waals surface area contributed by atoms with Gasteiger partial charge in [0.2, 0.25) is 16.9 Å². The lowest BCUT2D eigenvalue weighted by Gasteiger charge is -2.31. The van der Waals surface area contributed by atoms with Crippen molar-refractivity contribution in [3.8, 4) is 0 Å². The smallest absolute Gasteiger partial charge is 0.326 e. The molecule has 1 aromatic rings. The summed E-state index contributed by atoms with van der Waals surface area (Å²) >= 11 is 1.20. The average molecular weight is 433 g/mol. The normalized spacial score (nSPS) is 24.8. The Labute approximate surface area is 180 Å². The Hall–Kier alpha value is -2.35. The second-order valence-electron chi connectivity index (χ2n) is 7.96. The zero-order valence-corrected chi connectivity index (χ0v) is 17.9. The number of carboxylic acids is 1. The molecule has 1 heterocycles. The summed E-state index contributed by atoms with van der Waals surface area (Å²) in [6, 6.07) is 7.40. The van der Waals surface area contributed by atoms with E-state index in [0.717, 1.165) is 19.3 Å². The van der Waals surface area contributed by atoms with Crippen molar-refractivity contribution in [2.45, 2.75) is 62.8 Å². The van der Waals surface area contributed by atoms with Crippen LogP contribution in [0, 0.1) is 5.92 Å². The van der Waals surface area contributed by atoms with Crippen LogP contribution in [0.15, 0.2) is 30.3 Å². The number of amides is 2. The number of thioether (sulfide) groups is 1. The molecule has 0 aromatic heterocycles. The Morgan fingerprint density at radius 2 is 1.77 bits per heavy atom. The molecule has 0 spiro atoms. The fraction of sp³-hybridized carbons (Fsp3) is 0.545. The molecule has 2 fully saturated rings. The first-order chi connectivity index (χ1) is 14.4. The van der Waals surface area contributed by atoms with Gasteiger partial charge in [-0.05, 0) is 32.6 Å². The van der Waals surface area contributed by atoms with E-state index in [-0.39, 0.29) is 28.1 Å². The number of nitrogens with one attached hydrogen (secondary N) is 1. The second-order valence-corrected chi connectivity index (χ2v) is 9.17. The lowest BCUT2D eigenvalue weighted by atomic mass is 9.88. The van der Waals surface area contributed by atoms with Crippen LogP contribution >= 0.6 is 11.8 Å². The highest BCUT2D eigenvalue weighted by atomic mass is 32.2. The summed E-state index contributed by atoms with van der Waals surface area (Å²) in [5.41, 5.74) is 0.615. The Bertz CT molecular complexity index is 800. The highest BCUT2D eigenvalue weighted by Crippen LogP contribution is 2.35. The van der Waals surface area contributed by atoms with Crippen molar-refractivity contribution in [3.63, 3.8) is 0 Å². The molecule has 1 saturated carbocycles. The van der Waals surface area contributed by atoms with Crippen LogP contribution in [0.5, 0.6) is 0 Å². The lowest BCUT2D eigenvalue weighted by molar-refractivity contribution is -0.149. The summed E-state index contributed by atoms with van der Waals surface area (Å²) in [4.78, 5) is 51.0. The fourth-order valence-electron chi connectivity index (χ4n) is 4.24. The molecule has 3 rings (SSSR count). The van der Waals surface area contributed by atoms with Crippen LogP contribution in [-0.4, -0.2) is 56.8 Å². The van der Waals surface area contributed by atoms with Crippen molar-refractivity contribution in [2.24, 2.45) is 5.92 Å². The molecule has 1 aliphatic heterocycles. The van der Waals surface area contributed by atoms with E-state index in [4.69, 9.17) is 0 Å². The lowest BCUT2D eigenvalue weighted by Crippen LogP contribution is -2.52. The van der Waals surface area contributed by atoms with Gasteiger partial charge in [0.15, 0.2) is 0 Å². The summed E-state index contributed by atoms with van der Waals surface area (Å²) in [5.74, 6) is -1.96. The van der Waals surface area contributed by atoms with E-state index < -0.39 is 18.1 Å². The maximum Gasteiger partial charge on any atom is 0.326 e. The minimum atomic E-state index is -1.01. The predicted octanol–water partition coefficient (Wildman–Crippen LogP) is 2.70. The molecule has 2 amide bonds. The van der Waals surface area contributed by atoms with Crippen LogP contribution in [0.25, 0.3) is 0 Å². The van der Waals surface area contributed by atoms with E-state index in [1.807, 2.05) is 18.2 Å². The van der Waals surface area contributed by atoms with Crippen molar-refractivity contribution in [1.29, 1.82) is 0 Å². The Morgan fingerprint density at radius 3 is 2.47 bits per heavy atom. The molecule has 2 N–H and O–H groups in total. The van der Waals surface area contributed by atoms with Crippen LogP contribution in [0.4, 0.5) is 0 Å². The van der Waals surface area contributed by atoms with Crippen molar-refractivity contribution in [2.75, 3.05) is 6.54 Å². The molecule has 1 aliphatic carbocycles. The number of benzene rings is 1. The third kappa shape index (κ3) is 5.22. The van der Waals surface area contributed by atoms with Crippen molar-refractivity contribution >= 4 is 34.7 Å². The largest absolute Gasteiger partial charge is 0.480 e. The minimum absolute atomic E-state index is 0.0502. The van der Waals surface area contributed by atoms with Crippen LogP contribution < -0.4 is 5.32 Å². The number of carbonyl (C=O) groups is 4. The number of likely N-dealkylation sites (tertiary alicyclic amines) is 1. The van der Waals surface area contributed by atoms with Gasteiger partial charge in [0.25, 0.3) is 0 Å². The number of hydrogen-bond donors (Lipinski definition) is 2. The highest BCUT2D eigenvalue weighted by Gasteiger charge is 2.38. The predicted molar refractivity (Wildman–Crippen MR) is 114 cm³/mol. The Balaban J connectivity index is 1.61. The molecular weight excluding hydrogens is 404 g/mol. The molecule has 0 radical (unpaired) electrons. The summed E-state index contributed by atoms with van der Waals surface area (Å²) in [7, 11) is 0. The van der Waals surface area contributed by atoms with Gasteiger partial charge in [0.05, 0.1) is 5.92 Å². The van der Waals surface area contributed by atoms with Gasteiger partial charge in [0.1, 0.15) is 12.1 Å². The molecule has 162 valence electrons. The third-order valence-corrected chi connectivity index (χ3v) is 7.17. The first kappa shape index (κ1) is 22.3. The molecule has 1 aromatic carbocycles. The van der Waals surface area contributed by atoms with E-state index in [1.54, 1.807) is 19.1 Å². The SMILES string of the molecule is C[C@H](NC(=O)[C@@H]1CCCC[C@H]1SC(=O)c1ccccc1)C(=O)N1CCC[C@H]1C(=O)O. The standard InChI is InChI=1S/C22H28N2O5S/c1-14(20(26)24-13-7-11-17(24)21(27)28)23-19(25)16-10-5-6-12-18(16)30-22(29)15-8-3-2-4-9-15/h2-4,8-9,14,16-18H,5-7,10-13H2,1H3,(H,23,25)(H,27,28)/t14-,16+,17-,18+/m0/s1. The van der Waals surface area contributed by atoms with Crippen LogP contribution in [0.1, 0.15) is 55.8 Å². The maximum atomic E-state index is 12.9. The van der Waals surface area contributed by atoms with E-state index in [0.29, 0.717) is 31.4 Å². The van der Waals surface area contributed by atoms with Crippen LogP contribution in [0.2, 0.25) is 0 Å². The van der Waals surface area contributed by atoms with Gasteiger partial charge in [-0.3, -0.25) is 14.4 Å². The fourth-order valence-corrected chi connectivity index (χ4v) is 5.49. The Kier molecular flexibility index (Phi) is 7.53. The van der Waals surface area contributed by atoms with Gasteiger partial charge in [0, 0.05) is 17.4 Å². The van der Waals surface area contributed by atoms with Gasteiger partial charge in [-0.1, -0.05) is 54.9 Å². The van der Waals surface area contributed by atoms with Gasteiger partial charge in [-0.15, -0.1) is 0 Å². The second kappa shape index (κ2) is 10.1. The van der Waals surface area contributed by atoms with E-state index in [9.17, 15) is 24.3 Å². The first-order valence-electron chi connectivity index (χ1n) is 10.5. The van der Waals surface area contributed by atoms with Gasteiger partial charge in [-0.25, -0.2) is 4.79 Å². The summed E-state index contributed by atoms with van der Waals surface area (Å²) in [6.45, 7) is 1.99. The summed E-state index contributed by atoms with van der Waals surface area (Å²) < 4.78 is 0. The van der Waals surface area contributed by atoms with E-state index in [2.05, 4.69) is 5.32 Å². The van der Waals surface area contributed by atoms with Crippen LogP contribution in [0.3, 0.4) is 0 Å². The minimum Gasteiger partial charge on any atom is -0.480 e. The van der Waals surface area contributed by atoms with Gasteiger partial charge >= 0.3 is 5.97 Å². The van der Waals surface area contributed by atoms with Crippen molar-refractivity contribution in [1.82, 2.24) is 10.2 Å². The monoisotopic (exact) mass is 432 g/mol. The molecular formula is C22H28N2O5S. The topological polar surface area (TPSA) is 104 Å². The first-order valence-corrected chi connectivity index (χ1v) is 11.4. The van der Waals surface area contributed by atoms with Crippen molar-refractivity contribution in [3.05, 3.63) is 35.9 Å². The number of hydrogen-bond acceptors (Lipinski definition) is 5. The molecule has 7 nitrogen and oxygen atoms in total. The number of nitrogens with zero attached hydrogens (tertiary/aromatic N) is 1. The number of rotatable bonds is 6. The van der Waals surface area contributed by atoms with E-state index >= 15 is 0 Å². The number of carbonyl (C=O) groups excluding carboxylic acids is 3. The van der Waals surface area contributed by atoms with Gasteiger partial charge < -0.3 is 15.3 Å². The Morgan fingerprint density at radius 1 is 1.07 bits per heavy atom. The van der Waals surface area contributed by atoms with E-state index in [1.165, 1.54) is 16.7 Å². The molecule has 1 saturated heterocycles. The summed E-state index contributed by atoms with van der Waals surface area (Å²) in [5, 5.41) is 11.9. The molecule has 0 bridgehead atoms. The molecule has 8 heteroatoms. The molecule has 0 unspecified atom stereocenters. The highest BCUT2D eigenvalue weighted by molar-refractivity contribution is 8.14. The van der Waals surface area contributed by atoms with Crippen LogP contribution in [-0.2, 0) is 14.4 Å². The zero-order chi connectivity index (χ0) is 21.7.